The molecule has 18 nitrogen and oxygen atoms in total. The molecule has 5 aliphatic carbocycles. The standard InChI is InChI=1S/C15H15N3OS.2C15H15N3S.C15H14N3S.C14H13N3S.CH2O.H2O/c1-9-5-13-15(7-11(9)16)20-14-6-10(18(2)8-19)3-4-12(14)17-13;3*1-9-6-13-15(8-11(9)16)19-14-7-10(18(2)3)4-5-12(14)17-13;1-8-5-12-14(7-10(8)15)18-13-6-9(16-2)3-4-11(13)17-12;1-2;/h3-7,16,19H,8H2,1-2H3;2*4-8,16H,1-3H3;4-8,16H,2H2,1,3H3;3-7H,15H2,1-2H3;1H2;1H2/q;;;+1;;;/p+6. The highest BCUT2D eigenvalue weighted by Crippen LogP contribution is 2.36. The number of anilines is 4. The van der Waals surface area contributed by atoms with Crippen molar-refractivity contribution in [1.82, 2.24) is 33.7 Å². The van der Waals surface area contributed by atoms with Crippen LogP contribution in [0.25, 0.3) is 104 Å². The summed E-state index contributed by atoms with van der Waals surface area (Å²) in [4.78, 5) is 40.2. The molecular formula is C75H82N15O3S5+7. The number of benzene rings is 10. The maximum absolute atomic E-state index is 9.20. The van der Waals surface area contributed by atoms with Crippen LogP contribution in [0.3, 0.4) is 0 Å². The lowest BCUT2D eigenvalue weighted by Crippen LogP contribution is -2.46. The van der Waals surface area contributed by atoms with Crippen LogP contribution in [-0.2, 0) is 4.79 Å². The molecule has 0 unspecified atom stereocenters. The van der Waals surface area contributed by atoms with Crippen molar-refractivity contribution >= 4 is 150 Å². The zero-order valence-corrected chi connectivity index (χ0v) is 60.9. The predicted molar refractivity (Wildman–Crippen MR) is 415 cm³/mol. The number of hydrogen-bond acceptors (Lipinski definition) is 16. The maximum atomic E-state index is 9.20. The van der Waals surface area contributed by atoms with E-state index in [1.807, 2.05) is 167 Å². The maximum Gasteiger partial charge on any atom is 1.00 e. The molecule has 0 saturated carbocycles. The van der Waals surface area contributed by atoms with Crippen LogP contribution in [0.4, 0.5) is 28.4 Å². The lowest BCUT2D eigenvalue weighted by Gasteiger charge is -2.07. The van der Waals surface area contributed by atoms with E-state index in [0.29, 0.717) is 0 Å². The largest absolute Gasteiger partial charge is 1.00 e. The lowest BCUT2D eigenvalue weighted by atomic mass is 10.1. The number of carbonyl (C=O) groups is 1. The molecule has 498 valence electrons. The van der Waals surface area contributed by atoms with Crippen LogP contribution < -0.4 is 73.8 Å². The highest BCUT2D eigenvalue weighted by atomic mass is 32.1. The number of aromatic amines is 1. The van der Waals surface area contributed by atoms with Crippen LogP contribution in [0.5, 0.6) is 0 Å². The van der Waals surface area contributed by atoms with E-state index in [1.165, 1.54) is 30.0 Å². The molecule has 14 N–H and O–H groups in total. The van der Waals surface area contributed by atoms with Crippen molar-refractivity contribution in [3.8, 4) is 52.9 Å². The topological polar surface area (TPSA) is 289 Å². The van der Waals surface area contributed by atoms with Crippen LogP contribution in [-0.4, -0.2) is 105 Å². The minimum atomic E-state index is -0.0106. The third kappa shape index (κ3) is 16.2. The molecule has 5 aromatic carbocycles. The van der Waals surface area contributed by atoms with Gasteiger partial charge in [0.15, 0.2) is 0 Å². The van der Waals surface area contributed by atoms with E-state index in [1.54, 1.807) is 68.3 Å². The Hall–Kier alpha value is -10.2. The number of carbonyl (C=O) groups excluding carboxylic acids is 1. The molecule has 98 heavy (non-hydrogen) atoms. The highest BCUT2D eigenvalue weighted by molar-refractivity contribution is 7.23. The van der Waals surface area contributed by atoms with Crippen molar-refractivity contribution in [3.63, 3.8) is 0 Å². The number of nitrogens with one attached hydrogen (secondary N) is 1. The van der Waals surface area contributed by atoms with Gasteiger partial charge < -0.3 is 38.3 Å². The quantitative estimate of drug-likeness (QED) is 0.0314. The Morgan fingerprint density at radius 1 is 0.469 bits per heavy atom. The molecule has 5 aromatic rings. The second kappa shape index (κ2) is 30.9. The van der Waals surface area contributed by atoms with E-state index in [-0.39, 0.29) is 13.6 Å². The van der Waals surface area contributed by atoms with Gasteiger partial charge in [-0.2, -0.15) is 0 Å². The van der Waals surface area contributed by atoms with Gasteiger partial charge in [-0.25, -0.2) is 43.2 Å². The van der Waals surface area contributed by atoms with E-state index in [4.69, 9.17) is 48.1 Å². The van der Waals surface area contributed by atoms with Crippen molar-refractivity contribution in [2.24, 2.45) is 4.99 Å². The first kappa shape index (κ1) is 72.0. The van der Waals surface area contributed by atoms with Crippen LogP contribution in [0.15, 0.2) is 157 Å². The van der Waals surface area contributed by atoms with Crippen LogP contribution in [0.1, 0.15) is 29.2 Å². The Bertz CT molecular complexity index is 5600. The molecule has 5 aliphatic heterocycles. The SMILES string of the molecule is C=O.C=[N+](C)c1ccc2nc3cc(C)c(=[NH2+])cc-3sc2c1.CN=c1ccc2[nH+]c3cc(C)c(N)cc3sc-2c1.Cc1cc2nc3ccc(=[N+](C)C)cc-3sc2cc1N.Cc1cc2nc3ccc(=[N+](C)C)cc-3sc2cc1N.Cc1cc2nc3ccc(=[N+](C)CO)cc-3sc2cc1N.O.[H+]. The summed E-state index contributed by atoms with van der Waals surface area (Å²) in [5.74, 6) is 0. The third-order valence-corrected chi connectivity index (χ3v) is 21.7. The number of rotatable bonds is 2. The summed E-state index contributed by atoms with van der Waals surface area (Å²) >= 11 is 8.58. The Labute approximate surface area is 588 Å². The molecule has 23 heteroatoms. The second-order valence-corrected chi connectivity index (χ2v) is 29.3. The van der Waals surface area contributed by atoms with E-state index in [2.05, 4.69) is 104 Å². The zero-order chi connectivity index (χ0) is 69.7. The molecule has 5 heterocycles. The van der Waals surface area contributed by atoms with Gasteiger partial charge in [0.2, 0.25) is 45.1 Å². The summed E-state index contributed by atoms with van der Waals surface area (Å²) in [5, 5.41) is 20.3. The van der Waals surface area contributed by atoms with E-state index in [9.17, 15) is 5.11 Å². The summed E-state index contributed by atoms with van der Waals surface area (Å²) in [6.07, 6.45) is 0. The van der Waals surface area contributed by atoms with E-state index < -0.39 is 0 Å². The summed E-state index contributed by atoms with van der Waals surface area (Å²) in [6.45, 7) is 15.9. The van der Waals surface area contributed by atoms with Gasteiger partial charge in [-0.3, -0.25) is 10.4 Å². The van der Waals surface area contributed by atoms with Gasteiger partial charge in [0, 0.05) is 102 Å². The van der Waals surface area contributed by atoms with Crippen molar-refractivity contribution in [2.75, 3.05) is 79.0 Å². The smallest absolute Gasteiger partial charge is 0.412 e. The Balaban J connectivity index is 0.000000156. The number of nitrogens with two attached hydrogens (primary N) is 5. The first-order valence-electron chi connectivity index (χ1n) is 30.7. The second-order valence-electron chi connectivity index (χ2n) is 23.8. The number of hydrogen-bond donors (Lipinski definition) is 6. The van der Waals surface area contributed by atoms with Gasteiger partial charge in [0.1, 0.15) is 65.4 Å². The summed E-state index contributed by atoms with van der Waals surface area (Å²) in [7, 11) is 13.8. The zero-order valence-electron chi connectivity index (χ0n) is 57.9. The van der Waals surface area contributed by atoms with Crippen molar-refractivity contribution in [3.05, 3.63) is 206 Å². The van der Waals surface area contributed by atoms with Gasteiger partial charge in [-0.1, -0.05) is 0 Å². The number of aromatic nitrogens is 5. The summed E-state index contributed by atoms with van der Waals surface area (Å²) in [5.41, 5.74) is 43.9. The van der Waals surface area contributed by atoms with Crippen LogP contribution in [0, 0.1) is 34.6 Å². The highest BCUT2D eigenvalue weighted by Gasteiger charge is 2.17. The molecule has 15 rings (SSSR count). The van der Waals surface area contributed by atoms with Gasteiger partial charge in [-0.05, 0) is 142 Å². The molecular weight excluding hydrogens is 1320 g/mol. The molecule has 0 aromatic heterocycles. The first-order valence-corrected chi connectivity index (χ1v) is 34.8. The minimum absolute atomic E-state index is 0. The summed E-state index contributed by atoms with van der Waals surface area (Å²) < 4.78 is 13.5. The summed E-state index contributed by atoms with van der Waals surface area (Å²) in [6, 6.07) is 51.3. The monoisotopic (exact) mass is 1400 g/mol. The molecule has 0 atom stereocenters. The molecule has 0 spiro atoms. The number of fused-ring (bicyclic) bond motifs is 10. The number of aryl methyl sites for hydroxylation is 5. The fraction of sp³-hybridized carbons (Fsp3) is 0.173. The van der Waals surface area contributed by atoms with Gasteiger partial charge >= 0.3 is 1.43 Å². The van der Waals surface area contributed by atoms with Crippen LogP contribution >= 0.6 is 56.7 Å². The molecule has 0 saturated heterocycles. The van der Waals surface area contributed by atoms with Crippen molar-refractivity contribution in [1.29, 1.82) is 0 Å². The Kier molecular flexibility index (Phi) is 22.7. The molecule has 0 radical (unpaired) electrons. The molecule has 0 bridgehead atoms. The lowest BCUT2D eigenvalue weighted by molar-refractivity contribution is -0.394. The predicted octanol–water partition coefficient (Wildman–Crippen LogP) is 8.98. The number of aliphatic hydroxyl groups is 1. The van der Waals surface area contributed by atoms with E-state index >= 15 is 0 Å². The van der Waals surface area contributed by atoms with Crippen LogP contribution in [0.2, 0.25) is 0 Å². The first-order chi connectivity index (χ1) is 46.4. The number of nitrogens with zero attached hydrogens (tertiary/aromatic N) is 9. The van der Waals surface area contributed by atoms with Gasteiger partial charge in [0.25, 0.3) is 0 Å². The van der Waals surface area contributed by atoms with E-state index in [0.717, 1.165) is 157 Å². The average molecular weight is 1400 g/mol. The fourth-order valence-corrected chi connectivity index (χ4v) is 15.4. The number of aliphatic hydroxyl groups excluding tert-OH is 1. The average Bonchev–Trinajstić information content (AvgIpc) is 0.814. The number of nitrogen functional groups attached to an aromatic ring is 4. The fourth-order valence-electron chi connectivity index (χ4n) is 10.2. The third-order valence-electron chi connectivity index (χ3n) is 16.2. The Morgan fingerprint density at radius 2 is 0.878 bits per heavy atom. The normalized spacial score (nSPS) is 11.4. The van der Waals surface area contributed by atoms with Crippen molar-refractivity contribution in [2.45, 2.75) is 34.6 Å². The van der Waals surface area contributed by atoms with Gasteiger partial charge in [0.05, 0.1) is 88.5 Å². The van der Waals surface area contributed by atoms with Gasteiger partial charge in [-0.15, -0.1) is 56.7 Å². The van der Waals surface area contributed by atoms with Crippen molar-refractivity contribution < 1.29 is 31.8 Å². The molecule has 0 amide bonds. The minimum Gasteiger partial charge on any atom is -0.412 e. The Morgan fingerprint density at radius 3 is 1.33 bits per heavy atom. The molecule has 10 aliphatic rings. The molecule has 0 fully saturated rings. The number of H-pyrrole nitrogens is 1.